The van der Waals surface area contributed by atoms with Gasteiger partial charge in [-0.05, 0) is 37.0 Å². The average Bonchev–Trinajstić information content (AvgIpc) is 3.16. The summed E-state index contributed by atoms with van der Waals surface area (Å²) in [6.07, 6.45) is 5.66. The van der Waals surface area contributed by atoms with E-state index >= 15 is 0 Å². The molecule has 0 bridgehead atoms. The number of aryl methyl sites for hydroxylation is 1. The van der Waals surface area contributed by atoms with Gasteiger partial charge in [-0.25, -0.2) is 0 Å². The van der Waals surface area contributed by atoms with Gasteiger partial charge in [-0.2, -0.15) is 14.9 Å². The van der Waals surface area contributed by atoms with Crippen LogP contribution in [0.2, 0.25) is 5.02 Å². The molecule has 0 radical (unpaired) electrons. The molecular weight excluding hydrogens is 378 g/mol. The summed E-state index contributed by atoms with van der Waals surface area (Å²) in [5, 5.41) is 12.0. The van der Waals surface area contributed by atoms with Crippen LogP contribution >= 0.6 is 11.6 Å². The topological polar surface area (TPSA) is 74.0 Å². The van der Waals surface area contributed by atoms with Gasteiger partial charge in [0, 0.05) is 32.0 Å². The van der Waals surface area contributed by atoms with Gasteiger partial charge in [0.2, 0.25) is 0 Å². The molecule has 7 nitrogen and oxygen atoms in total. The summed E-state index contributed by atoms with van der Waals surface area (Å²) in [6, 6.07) is 9.43. The Morgan fingerprint density at radius 2 is 2.11 bits per heavy atom. The normalized spacial score (nSPS) is 16.9. The molecule has 0 unspecified atom stereocenters. The van der Waals surface area contributed by atoms with Crippen molar-refractivity contribution in [1.82, 2.24) is 19.6 Å². The first-order chi connectivity index (χ1) is 13.6. The van der Waals surface area contributed by atoms with Gasteiger partial charge in [-0.3, -0.25) is 9.48 Å². The van der Waals surface area contributed by atoms with Crippen LogP contribution in [0, 0.1) is 5.92 Å². The second kappa shape index (κ2) is 8.16. The van der Waals surface area contributed by atoms with Gasteiger partial charge in [0.1, 0.15) is 5.02 Å². The van der Waals surface area contributed by atoms with Crippen LogP contribution in [0.15, 0.2) is 47.5 Å². The highest BCUT2D eigenvalue weighted by molar-refractivity contribution is 6.32. The number of rotatable bonds is 5. The number of ether oxygens (including phenoxy) is 1. The van der Waals surface area contributed by atoms with Crippen LogP contribution in [0.5, 0.6) is 0 Å². The van der Waals surface area contributed by atoms with Gasteiger partial charge in [-0.15, -0.1) is 0 Å². The molecule has 0 spiro atoms. The lowest BCUT2D eigenvalue weighted by Gasteiger charge is -2.22. The van der Waals surface area contributed by atoms with E-state index < -0.39 is 0 Å². The van der Waals surface area contributed by atoms with E-state index in [9.17, 15) is 4.79 Å². The molecule has 8 heteroatoms. The largest absolute Gasteiger partial charge is 0.382 e. The summed E-state index contributed by atoms with van der Waals surface area (Å²) in [4.78, 5) is 12.7. The molecule has 0 amide bonds. The van der Waals surface area contributed by atoms with E-state index in [0.29, 0.717) is 23.8 Å². The lowest BCUT2D eigenvalue weighted by atomic mass is 10.0. The first-order valence-electron chi connectivity index (χ1n) is 9.32. The Kier molecular flexibility index (Phi) is 5.45. The predicted octanol–water partition coefficient (Wildman–Crippen LogP) is 3.12. The highest BCUT2D eigenvalue weighted by Gasteiger charge is 2.16. The molecule has 1 aliphatic rings. The number of anilines is 1. The lowest BCUT2D eigenvalue weighted by molar-refractivity contribution is 0.0595. The highest BCUT2D eigenvalue weighted by Crippen LogP contribution is 2.21. The molecular formula is C20H22ClN5O2. The molecule has 3 aromatic rings. The number of hydrogen-bond donors (Lipinski definition) is 1. The number of nitrogens with zero attached hydrogens (tertiary/aromatic N) is 4. The molecule has 1 saturated heterocycles. The van der Waals surface area contributed by atoms with E-state index in [4.69, 9.17) is 16.3 Å². The molecule has 0 saturated carbocycles. The number of aromatic nitrogens is 4. The quantitative estimate of drug-likeness (QED) is 0.713. The van der Waals surface area contributed by atoms with Crippen molar-refractivity contribution in [2.24, 2.45) is 13.0 Å². The molecule has 1 fully saturated rings. The standard InChI is InChI=1S/C20H22ClN5O2/c1-25-9-8-17(24-25)15-4-6-16(7-5-15)26-20(27)19(21)18(12-23-26)22-11-14-3-2-10-28-13-14/h4-9,12,14,22H,2-3,10-11,13H2,1H3/t14-/m1/s1. The molecule has 1 N–H and O–H groups in total. The third-order valence-electron chi connectivity index (χ3n) is 4.88. The maximum absolute atomic E-state index is 12.7. The van der Waals surface area contributed by atoms with Crippen LogP contribution in [0.25, 0.3) is 16.9 Å². The second-order valence-corrected chi connectivity index (χ2v) is 7.35. The SMILES string of the molecule is Cn1ccc(-c2ccc(-n3ncc(NC[C@H]4CCCOC4)c(Cl)c3=O)cc2)n1. The average molecular weight is 400 g/mol. The van der Waals surface area contributed by atoms with Crippen molar-refractivity contribution >= 4 is 17.3 Å². The summed E-state index contributed by atoms with van der Waals surface area (Å²) in [5.41, 5.74) is 2.70. The Morgan fingerprint density at radius 3 is 2.79 bits per heavy atom. The van der Waals surface area contributed by atoms with Crippen molar-refractivity contribution in [2.45, 2.75) is 12.8 Å². The predicted molar refractivity (Wildman–Crippen MR) is 109 cm³/mol. The third-order valence-corrected chi connectivity index (χ3v) is 5.24. The summed E-state index contributed by atoms with van der Waals surface area (Å²) in [5.74, 6) is 0.423. The van der Waals surface area contributed by atoms with Gasteiger partial charge in [-0.1, -0.05) is 23.7 Å². The van der Waals surface area contributed by atoms with Crippen LogP contribution in [0.3, 0.4) is 0 Å². The zero-order valence-electron chi connectivity index (χ0n) is 15.6. The fourth-order valence-electron chi connectivity index (χ4n) is 3.31. The van der Waals surface area contributed by atoms with Crippen LogP contribution in [0.4, 0.5) is 5.69 Å². The number of nitrogens with one attached hydrogen (secondary N) is 1. The van der Waals surface area contributed by atoms with Gasteiger partial charge in [0.05, 0.1) is 29.9 Å². The van der Waals surface area contributed by atoms with E-state index in [1.165, 1.54) is 4.68 Å². The van der Waals surface area contributed by atoms with E-state index in [-0.39, 0.29) is 10.6 Å². The van der Waals surface area contributed by atoms with Crippen LogP contribution in [0.1, 0.15) is 12.8 Å². The Labute approximate surface area is 167 Å². The van der Waals surface area contributed by atoms with Crippen molar-refractivity contribution in [2.75, 3.05) is 25.1 Å². The minimum absolute atomic E-state index is 0.139. The molecule has 146 valence electrons. The summed E-state index contributed by atoms with van der Waals surface area (Å²) >= 11 is 6.32. The second-order valence-electron chi connectivity index (χ2n) is 6.97. The van der Waals surface area contributed by atoms with Crippen molar-refractivity contribution in [3.8, 4) is 16.9 Å². The lowest BCUT2D eigenvalue weighted by Crippen LogP contribution is -2.26. The Bertz CT molecular complexity index is 1010. The zero-order valence-corrected chi connectivity index (χ0v) is 16.4. The van der Waals surface area contributed by atoms with E-state index in [2.05, 4.69) is 15.5 Å². The molecule has 2 aromatic heterocycles. The minimum atomic E-state index is -0.350. The number of halogens is 1. The smallest absolute Gasteiger partial charge is 0.292 e. The monoisotopic (exact) mass is 399 g/mol. The van der Waals surface area contributed by atoms with E-state index in [1.54, 1.807) is 10.9 Å². The summed E-state index contributed by atoms with van der Waals surface area (Å²) in [7, 11) is 1.88. The molecule has 1 aromatic carbocycles. The van der Waals surface area contributed by atoms with Gasteiger partial charge in [0.15, 0.2) is 0 Å². The van der Waals surface area contributed by atoms with E-state index in [0.717, 1.165) is 37.3 Å². The molecule has 0 aliphatic carbocycles. The van der Waals surface area contributed by atoms with Gasteiger partial charge < -0.3 is 10.1 Å². The Hall–Kier alpha value is -2.64. The first kappa shape index (κ1) is 18.7. The van der Waals surface area contributed by atoms with E-state index in [1.807, 2.05) is 43.6 Å². The highest BCUT2D eigenvalue weighted by atomic mass is 35.5. The molecule has 1 aliphatic heterocycles. The zero-order chi connectivity index (χ0) is 19.5. The number of hydrogen-bond acceptors (Lipinski definition) is 5. The van der Waals surface area contributed by atoms with Crippen LogP contribution in [-0.2, 0) is 11.8 Å². The maximum Gasteiger partial charge on any atom is 0.292 e. The van der Waals surface area contributed by atoms with Crippen molar-refractivity contribution in [3.63, 3.8) is 0 Å². The van der Waals surface area contributed by atoms with Gasteiger partial charge >= 0.3 is 0 Å². The fraction of sp³-hybridized carbons (Fsp3) is 0.350. The van der Waals surface area contributed by atoms with Crippen LogP contribution < -0.4 is 10.9 Å². The first-order valence-corrected chi connectivity index (χ1v) is 9.69. The fourth-order valence-corrected chi connectivity index (χ4v) is 3.50. The van der Waals surface area contributed by atoms with Crippen molar-refractivity contribution < 1.29 is 4.74 Å². The molecule has 28 heavy (non-hydrogen) atoms. The summed E-state index contributed by atoms with van der Waals surface area (Å²) < 4.78 is 8.54. The van der Waals surface area contributed by atoms with Gasteiger partial charge in [0.25, 0.3) is 5.56 Å². The van der Waals surface area contributed by atoms with Crippen LogP contribution in [-0.4, -0.2) is 39.3 Å². The maximum atomic E-state index is 12.7. The van der Waals surface area contributed by atoms with Crippen molar-refractivity contribution in [3.05, 3.63) is 58.1 Å². The minimum Gasteiger partial charge on any atom is -0.382 e. The molecule has 3 heterocycles. The Morgan fingerprint density at radius 1 is 1.29 bits per heavy atom. The molecule has 4 rings (SSSR count). The summed E-state index contributed by atoms with van der Waals surface area (Å²) in [6.45, 7) is 2.27. The van der Waals surface area contributed by atoms with Crippen molar-refractivity contribution in [1.29, 1.82) is 0 Å². The molecule has 1 atom stereocenters. The number of benzene rings is 1. The third kappa shape index (κ3) is 3.95. The Balaban J connectivity index is 1.52.